The van der Waals surface area contributed by atoms with Crippen LogP contribution in [0.15, 0.2) is 42.4 Å². The average Bonchev–Trinajstić information content (AvgIpc) is 2.94. The second kappa shape index (κ2) is 5.23. The second-order valence-electron chi connectivity index (χ2n) is 3.23. The standard InChI is InChI=1S/C11H7N7/c12-5-9(6-13)7-14-10-1-3-11(4-2-10)18-8-15-16-17-18/h1-4,7-8,14H. The van der Waals surface area contributed by atoms with Gasteiger partial charge in [0.15, 0.2) is 0 Å². The molecule has 7 heteroatoms. The molecule has 2 rings (SSSR count). The third-order valence-corrected chi connectivity index (χ3v) is 2.10. The second-order valence-corrected chi connectivity index (χ2v) is 3.23. The maximum absolute atomic E-state index is 8.57. The minimum Gasteiger partial charge on any atom is -0.360 e. The summed E-state index contributed by atoms with van der Waals surface area (Å²) in [6.07, 6.45) is 2.85. The fourth-order valence-corrected chi connectivity index (χ4v) is 1.24. The maximum atomic E-state index is 8.57. The summed E-state index contributed by atoms with van der Waals surface area (Å²) < 4.78 is 1.52. The molecule has 86 valence electrons. The molecule has 1 heterocycles. The minimum atomic E-state index is 0.0135. The van der Waals surface area contributed by atoms with Gasteiger partial charge in [-0.1, -0.05) is 0 Å². The van der Waals surface area contributed by atoms with Gasteiger partial charge in [-0.05, 0) is 34.7 Å². The van der Waals surface area contributed by atoms with Crippen LogP contribution >= 0.6 is 0 Å². The largest absolute Gasteiger partial charge is 0.360 e. The van der Waals surface area contributed by atoms with Gasteiger partial charge in [0.05, 0.1) is 5.69 Å². The summed E-state index contributed by atoms with van der Waals surface area (Å²) >= 11 is 0. The highest BCUT2D eigenvalue weighted by molar-refractivity contribution is 5.52. The lowest BCUT2D eigenvalue weighted by Gasteiger charge is -2.02. The number of benzene rings is 1. The van der Waals surface area contributed by atoms with Crippen molar-refractivity contribution in [3.63, 3.8) is 0 Å². The van der Waals surface area contributed by atoms with Crippen molar-refractivity contribution in [2.24, 2.45) is 0 Å². The van der Waals surface area contributed by atoms with E-state index in [9.17, 15) is 0 Å². The van der Waals surface area contributed by atoms with Gasteiger partial charge < -0.3 is 5.32 Å². The molecule has 0 bridgehead atoms. The number of nitrogens with zero attached hydrogens (tertiary/aromatic N) is 6. The summed E-state index contributed by atoms with van der Waals surface area (Å²) in [7, 11) is 0. The van der Waals surface area contributed by atoms with Gasteiger partial charge in [-0.3, -0.25) is 0 Å². The van der Waals surface area contributed by atoms with Gasteiger partial charge in [0.25, 0.3) is 0 Å². The fraction of sp³-hybridized carbons (Fsp3) is 0. The molecule has 0 fully saturated rings. The summed E-state index contributed by atoms with van der Waals surface area (Å²) in [6, 6.07) is 10.7. The number of aromatic nitrogens is 4. The Balaban J connectivity index is 2.12. The Hall–Kier alpha value is -3.19. The van der Waals surface area contributed by atoms with Crippen molar-refractivity contribution in [3.05, 3.63) is 42.4 Å². The van der Waals surface area contributed by atoms with E-state index < -0.39 is 0 Å². The van der Waals surface area contributed by atoms with Gasteiger partial charge in [0.1, 0.15) is 24.0 Å². The van der Waals surface area contributed by atoms with Crippen LogP contribution in [0.4, 0.5) is 5.69 Å². The van der Waals surface area contributed by atoms with Crippen LogP contribution in [0.2, 0.25) is 0 Å². The van der Waals surface area contributed by atoms with E-state index in [0.717, 1.165) is 11.4 Å². The smallest absolute Gasteiger partial charge is 0.145 e. The van der Waals surface area contributed by atoms with E-state index in [4.69, 9.17) is 10.5 Å². The molecule has 18 heavy (non-hydrogen) atoms. The molecule has 0 amide bonds. The zero-order chi connectivity index (χ0) is 12.8. The number of hydrogen-bond donors (Lipinski definition) is 1. The van der Waals surface area contributed by atoms with Crippen molar-refractivity contribution in [1.29, 1.82) is 10.5 Å². The summed E-state index contributed by atoms with van der Waals surface area (Å²) in [6.45, 7) is 0. The first-order chi connectivity index (χ1) is 8.83. The zero-order valence-electron chi connectivity index (χ0n) is 9.15. The molecule has 0 aliphatic rings. The van der Waals surface area contributed by atoms with Gasteiger partial charge in [-0.2, -0.15) is 10.5 Å². The monoisotopic (exact) mass is 237 g/mol. The summed E-state index contributed by atoms with van der Waals surface area (Å²) in [4.78, 5) is 0. The molecular formula is C11H7N7. The maximum Gasteiger partial charge on any atom is 0.145 e. The van der Waals surface area contributed by atoms with Crippen molar-refractivity contribution in [3.8, 4) is 17.8 Å². The first-order valence-electron chi connectivity index (χ1n) is 4.94. The Morgan fingerprint density at radius 2 is 1.94 bits per heavy atom. The Bertz CT molecular complexity index is 610. The van der Waals surface area contributed by atoms with Crippen molar-refractivity contribution >= 4 is 5.69 Å². The first kappa shape index (κ1) is 11.3. The zero-order valence-corrected chi connectivity index (χ0v) is 9.15. The van der Waals surface area contributed by atoms with Crippen LogP contribution in [0.25, 0.3) is 5.69 Å². The van der Waals surface area contributed by atoms with E-state index in [1.54, 1.807) is 24.3 Å². The van der Waals surface area contributed by atoms with Crippen LogP contribution in [0.5, 0.6) is 0 Å². The van der Waals surface area contributed by atoms with E-state index in [0.29, 0.717) is 0 Å². The molecule has 0 radical (unpaired) electrons. The van der Waals surface area contributed by atoms with Crippen LogP contribution in [0.1, 0.15) is 0 Å². The Morgan fingerprint density at radius 1 is 1.22 bits per heavy atom. The number of hydrogen-bond acceptors (Lipinski definition) is 6. The highest BCUT2D eigenvalue weighted by Crippen LogP contribution is 2.12. The highest BCUT2D eigenvalue weighted by Gasteiger charge is 1.97. The van der Waals surface area contributed by atoms with Crippen LogP contribution < -0.4 is 5.32 Å². The van der Waals surface area contributed by atoms with E-state index >= 15 is 0 Å². The molecule has 1 aromatic heterocycles. The number of rotatable bonds is 3. The van der Waals surface area contributed by atoms with Crippen molar-refractivity contribution in [2.75, 3.05) is 5.32 Å². The predicted octanol–water partition coefficient (Wildman–Crippen LogP) is 1.01. The van der Waals surface area contributed by atoms with Gasteiger partial charge in [0.2, 0.25) is 0 Å². The van der Waals surface area contributed by atoms with Crippen LogP contribution in [0, 0.1) is 22.7 Å². The molecule has 7 nitrogen and oxygen atoms in total. The number of nitrogens with one attached hydrogen (secondary N) is 1. The Kier molecular flexibility index (Phi) is 3.29. The molecule has 0 atom stereocenters. The Morgan fingerprint density at radius 3 is 2.50 bits per heavy atom. The molecule has 0 aliphatic heterocycles. The molecule has 1 N–H and O–H groups in total. The van der Waals surface area contributed by atoms with E-state index in [1.165, 1.54) is 17.2 Å². The van der Waals surface area contributed by atoms with Crippen molar-refractivity contribution < 1.29 is 0 Å². The molecular weight excluding hydrogens is 230 g/mol. The van der Waals surface area contributed by atoms with Gasteiger partial charge >= 0.3 is 0 Å². The number of anilines is 1. The van der Waals surface area contributed by atoms with Gasteiger partial charge in [-0.15, -0.1) is 5.10 Å². The number of allylic oxidation sites excluding steroid dienone is 1. The van der Waals surface area contributed by atoms with E-state index in [2.05, 4.69) is 20.8 Å². The van der Waals surface area contributed by atoms with Gasteiger partial charge in [0, 0.05) is 11.9 Å². The van der Waals surface area contributed by atoms with Crippen LogP contribution in [-0.4, -0.2) is 20.2 Å². The molecule has 0 spiro atoms. The third kappa shape index (κ3) is 2.49. The molecule has 2 aromatic rings. The van der Waals surface area contributed by atoms with E-state index in [-0.39, 0.29) is 5.57 Å². The predicted molar refractivity (Wildman–Crippen MR) is 62.1 cm³/mol. The quantitative estimate of drug-likeness (QED) is 0.799. The third-order valence-electron chi connectivity index (χ3n) is 2.10. The van der Waals surface area contributed by atoms with Gasteiger partial charge in [-0.25, -0.2) is 4.68 Å². The summed E-state index contributed by atoms with van der Waals surface area (Å²) in [5.74, 6) is 0. The summed E-state index contributed by atoms with van der Waals surface area (Å²) in [5.41, 5.74) is 1.59. The topological polar surface area (TPSA) is 103 Å². The SMILES string of the molecule is N#CC(C#N)=CNc1ccc(-n2cnnn2)cc1. The number of nitriles is 2. The molecule has 0 saturated carbocycles. The Labute approximate surface area is 103 Å². The molecule has 1 aromatic carbocycles. The summed E-state index contributed by atoms with van der Waals surface area (Å²) in [5, 5.41) is 30.8. The minimum absolute atomic E-state index is 0.0135. The lowest BCUT2D eigenvalue weighted by atomic mass is 10.3. The molecule has 0 unspecified atom stereocenters. The van der Waals surface area contributed by atoms with Crippen molar-refractivity contribution in [1.82, 2.24) is 20.2 Å². The highest BCUT2D eigenvalue weighted by atomic mass is 15.5. The molecule has 0 saturated heterocycles. The molecule has 0 aliphatic carbocycles. The first-order valence-corrected chi connectivity index (χ1v) is 4.94. The normalized spacial score (nSPS) is 9.00. The van der Waals surface area contributed by atoms with Crippen LogP contribution in [0.3, 0.4) is 0 Å². The lowest BCUT2D eigenvalue weighted by Crippen LogP contribution is -1.95. The average molecular weight is 237 g/mol. The van der Waals surface area contributed by atoms with Crippen molar-refractivity contribution in [2.45, 2.75) is 0 Å². The fourth-order valence-electron chi connectivity index (χ4n) is 1.24. The lowest BCUT2D eigenvalue weighted by molar-refractivity contribution is 0.789. The van der Waals surface area contributed by atoms with Crippen LogP contribution in [-0.2, 0) is 0 Å². The van der Waals surface area contributed by atoms with E-state index in [1.807, 2.05) is 12.1 Å². The number of tetrazole rings is 1.